The Bertz CT molecular complexity index is 1030. The predicted octanol–water partition coefficient (Wildman–Crippen LogP) is 3.79. The molecular formula is C21H21N3O4S. The summed E-state index contributed by atoms with van der Waals surface area (Å²) in [6.07, 6.45) is 1.50. The van der Waals surface area contributed by atoms with Gasteiger partial charge in [-0.2, -0.15) is 5.10 Å². The molecule has 3 rings (SSSR count). The van der Waals surface area contributed by atoms with Crippen LogP contribution in [0.5, 0.6) is 17.2 Å². The summed E-state index contributed by atoms with van der Waals surface area (Å²) in [7, 11) is 4.74. The minimum Gasteiger partial charge on any atom is -0.497 e. The van der Waals surface area contributed by atoms with Crippen molar-refractivity contribution in [3.05, 3.63) is 59.0 Å². The van der Waals surface area contributed by atoms with Crippen LogP contribution in [0.15, 0.2) is 53.6 Å². The van der Waals surface area contributed by atoms with Crippen molar-refractivity contribution in [2.24, 2.45) is 5.10 Å². The quantitative estimate of drug-likeness (QED) is 0.456. The number of hydrazone groups is 1. The molecule has 0 saturated carbocycles. The average molecular weight is 411 g/mol. The number of hydrogen-bond donors (Lipinski definition) is 2. The highest BCUT2D eigenvalue weighted by Crippen LogP contribution is 2.34. The summed E-state index contributed by atoms with van der Waals surface area (Å²) in [5.74, 6) is 1.63. The van der Waals surface area contributed by atoms with Crippen LogP contribution in [0.1, 0.15) is 15.2 Å². The molecule has 3 aromatic rings. The van der Waals surface area contributed by atoms with Gasteiger partial charge in [-0.1, -0.05) is 0 Å². The first-order valence-corrected chi connectivity index (χ1v) is 9.46. The van der Waals surface area contributed by atoms with Crippen molar-refractivity contribution in [1.82, 2.24) is 5.43 Å². The molecule has 2 aromatic carbocycles. The van der Waals surface area contributed by atoms with E-state index in [1.165, 1.54) is 17.6 Å². The number of rotatable bonds is 7. The van der Waals surface area contributed by atoms with Crippen molar-refractivity contribution in [1.29, 1.82) is 0 Å². The predicted molar refractivity (Wildman–Crippen MR) is 115 cm³/mol. The molecule has 0 unspecified atom stereocenters. The third kappa shape index (κ3) is 4.67. The number of thiophene rings is 1. The molecule has 1 amide bonds. The molecule has 0 aliphatic carbocycles. The molecule has 0 radical (unpaired) electrons. The molecule has 0 aliphatic heterocycles. The summed E-state index contributed by atoms with van der Waals surface area (Å²) in [6.45, 7) is 0. The number of benzene rings is 2. The fourth-order valence-corrected chi connectivity index (χ4v) is 3.59. The highest BCUT2D eigenvalue weighted by Gasteiger charge is 2.15. The number of methoxy groups -OCH3 is 3. The van der Waals surface area contributed by atoms with Gasteiger partial charge in [-0.15, -0.1) is 11.3 Å². The molecule has 0 bridgehead atoms. The molecule has 1 heterocycles. The maximum Gasteiger partial charge on any atom is 0.283 e. The number of nitrogens with zero attached hydrogens (tertiary/aromatic N) is 1. The molecule has 7 nitrogen and oxygen atoms in total. The smallest absolute Gasteiger partial charge is 0.283 e. The van der Waals surface area contributed by atoms with Crippen LogP contribution >= 0.6 is 11.3 Å². The Labute approximate surface area is 172 Å². The lowest BCUT2D eigenvalue weighted by molar-refractivity contribution is 0.0960. The molecule has 8 heteroatoms. The van der Waals surface area contributed by atoms with E-state index in [4.69, 9.17) is 19.9 Å². The summed E-state index contributed by atoms with van der Waals surface area (Å²) >= 11 is 1.30. The third-order valence-electron chi connectivity index (χ3n) is 4.15. The number of carbonyl (C=O) groups is 1. The van der Waals surface area contributed by atoms with Crippen LogP contribution in [0.2, 0.25) is 0 Å². The Morgan fingerprint density at radius 3 is 2.34 bits per heavy atom. The largest absolute Gasteiger partial charge is 0.497 e. The highest BCUT2D eigenvalue weighted by atomic mass is 32.1. The number of amides is 1. The fraction of sp³-hybridized carbons (Fsp3) is 0.143. The standard InChI is InChI=1S/C21H21N3O4S/c1-26-15-7-4-13(5-8-15)19-11-17(22)20(29-19)21(25)24-23-12-14-6-9-16(27-2)10-18(14)28-3/h4-12H,22H2,1-3H3,(H,24,25)/b23-12-. The summed E-state index contributed by atoms with van der Waals surface area (Å²) in [5, 5.41) is 4.02. The molecule has 150 valence electrons. The van der Waals surface area contributed by atoms with Gasteiger partial charge in [0.15, 0.2) is 0 Å². The zero-order valence-electron chi connectivity index (χ0n) is 16.3. The van der Waals surface area contributed by atoms with Gasteiger partial charge in [-0.3, -0.25) is 4.79 Å². The van der Waals surface area contributed by atoms with Crippen LogP contribution in [-0.4, -0.2) is 33.5 Å². The van der Waals surface area contributed by atoms with Gasteiger partial charge in [0.1, 0.15) is 22.1 Å². The first kappa shape index (κ1) is 20.2. The number of nitrogens with two attached hydrogens (primary N) is 1. The number of nitrogen functional groups attached to an aromatic ring is 1. The minimum atomic E-state index is -0.379. The molecule has 0 spiro atoms. The molecule has 0 fully saturated rings. The van der Waals surface area contributed by atoms with E-state index in [1.807, 2.05) is 24.3 Å². The van der Waals surface area contributed by atoms with Crippen molar-refractivity contribution in [3.8, 4) is 27.7 Å². The van der Waals surface area contributed by atoms with Crippen molar-refractivity contribution in [2.45, 2.75) is 0 Å². The average Bonchev–Trinajstić information content (AvgIpc) is 3.15. The van der Waals surface area contributed by atoms with E-state index in [0.717, 1.165) is 16.2 Å². The van der Waals surface area contributed by atoms with E-state index >= 15 is 0 Å². The van der Waals surface area contributed by atoms with Crippen LogP contribution in [0.25, 0.3) is 10.4 Å². The van der Waals surface area contributed by atoms with Crippen LogP contribution in [0.4, 0.5) is 5.69 Å². The van der Waals surface area contributed by atoms with Gasteiger partial charge in [0, 0.05) is 16.5 Å². The lowest BCUT2D eigenvalue weighted by Gasteiger charge is -2.06. The molecular weight excluding hydrogens is 390 g/mol. The van der Waals surface area contributed by atoms with Crippen molar-refractivity contribution in [3.63, 3.8) is 0 Å². The van der Waals surface area contributed by atoms with Gasteiger partial charge < -0.3 is 19.9 Å². The zero-order chi connectivity index (χ0) is 20.8. The van der Waals surface area contributed by atoms with Gasteiger partial charge in [0.2, 0.25) is 0 Å². The molecule has 29 heavy (non-hydrogen) atoms. The minimum absolute atomic E-state index is 0.379. The second-order valence-electron chi connectivity index (χ2n) is 5.93. The van der Waals surface area contributed by atoms with E-state index < -0.39 is 0 Å². The second kappa shape index (κ2) is 9.11. The van der Waals surface area contributed by atoms with Gasteiger partial charge in [0.25, 0.3) is 5.91 Å². The summed E-state index contributed by atoms with van der Waals surface area (Å²) in [5.41, 5.74) is 10.6. The van der Waals surface area contributed by atoms with E-state index in [-0.39, 0.29) is 5.91 Å². The lowest BCUT2D eigenvalue weighted by Crippen LogP contribution is -2.17. The monoisotopic (exact) mass is 411 g/mol. The maximum absolute atomic E-state index is 12.5. The number of anilines is 1. The van der Waals surface area contributed by atoms with Crippen LogP contribution in [0, 0.1) is 0 Å². The SMILES string of the molecule is COc1ccc(-c2cc(N)c(C(=O)N/N=C\c3ccc(OC)cc3OC)s2)cc1. The van der Waals surface area contributed by atoms with E-state index in [9.17, 15) is 4.79 Å². The molecule has 1 aromatic heterocycles. The van der Waals surface area contributed by atoms with Gasteiger partial charge in [-0.25, -0.2) is 5.43 Å². The van der Waals surface area contributed by atoms with Crippen LogP contribution in [-0.2, 0) is 0 Å². The van der Waals surface area contributed by atoms with Gasteiger partial charge in [-0.05, 0) is 48.0 Å². The van der Waals surface area contributed by atoms with Crippen molar-refractivity contribution >= 4 is 29.1 Å². The van der Waals surface area contributed by atoms with E-state index in [1.54, 1.807) is 45.6 Å². The van der Waals surface area contributed by atoms with E-state index in [2.05, 4.69) is 10.5 Å². The number of nitrogens with one attached hydrogen (secondary N) is 1. The Morgan fingerprint density at radius 1 is 1.00 bits per heavy atom. The lowest BCUT2D eigenvalue weighted by atomic mass is 10.2. The van der Waals surface area contributed by atoms with Gasteiger partial charge >= 0.3 is 0 Å². The first-order chi connectivity index (χ1) is 14.0. The topological polar surface area (TPSA) is 95.2 Å². The summed E-state index contributed by atoms with van der Waals surface area (Å²) < 4.78 is 15.6. The number of carbonyl (C=O) groups excluding carboxylic acids is 1. The van der Waals surface area contributed by atoms with Crippen LogP contribution < -0.4 is 25.4 Å². The Hall–Kier alpha value is -3.52. The molecule has 0 atom stereocenters. The first-order valence-electron chi connectivity index (χ1n) is 8.65. The van der Waals surface area contributed by atoms with Crippen molar-refractivity contribution < 1.29 is 19.0 Å². The molecule has 3 N–H and O–H groups in total. The zero-order valence-corrected chi connectivity index (χ0v) is 17.1. The number of hydrogen-bond acceptors (Lipinski definition) is 7. The Kier molecular flexibility index (Phi) is 6.36. The highest BCUT2D eigenvalue weighted by molar-refractivity contribution is 7.18. The van der Waals surface area contributed by atoms with Crippen LogP contribution in [0.3, 0.4) is 0 Å². The summed E-state index contributed by atoms with van der Waals surface area (Å²) in [6, 6.07) is 14.6. The maximum atomic E-state index is 12.5. The third-order valence-corrected chi connectivity index (χ3v) is 5.35. The summed E-state index contributed by atoms with van der Waals surface area (Å²) in [4.78, 5) is 13.8. The Balaban J connectivity index is 1.73. The fourth-order valence-electron chi connectivity index (χ4n) is 2.62. The normalized spacial score (nSPS) is 10.7. The Morgan fingerprint density at radius 2 is 1.69 bits per heavy atom. The molecule has 0 saturated heterocycles. The number of ether oxygens (including phenoxy) is 3. The second-order valence-corrected chi connectivity index (χ2v) is 6.98. The molecule has 0 aliphatic rings. The van der Waals surface area contributed by atoms with E-state index in [0.29, 0.717) is 27.6 Å². The van der Waals surface area contributed by atoms with Crippen molar-refractivity contribution in [2.75, 3.05) is 27.1 Å². The van der Waals surface area contributed by atoms with Gasteiger partial charge in [0.05, 0.1) is 33.2 Å².